The lowest BCUT2D eigenvalue weighted by Crippen LogP contribution is -2.43. The first-order valence-corrected chi connectivity index (χ1v) is 12.5. The highest BCUT2D eigenvalue weighted by molar-refractivity contribution is 6.06. The molecule has 1 atom stereocenters. The molecule has 12 nitrogen and oxygen atoms in total. The van der Waals surface area contributed by atoms with Crippen LogP contribution in [0.25, 0.3) is 0 Å². The lowest BCUT2D eigenvalue weighted by atomic mass is 9.94. The van der Waals surface area contributed by atoms with Crippen molar-refractivity contribution >= 4 is 23.5 Å². The van der Waals surface area contributed by atoms with Crippen LogP contribution in [0.3, 0.4) is 0 Å². The van der Waals surface area contributed by atoms with Crippen molar-refractivity contribution in [1.29, 1.82) is 0 Å². The fourth-order valence-corrected chi connectivity index (χ4v) is 4.65. The van der Waals surface area contributed by atoms with Crippen molar-refractivity contribution in [2.45, 2.75) is 13.0 Å². The highest BCUT2D eigenvalue weighted by atomic mass is 16.5. The number of carbonyl (C=O) groups excluding carboxylic acids is 2. The summed E-state index contributed by atoms with van der Waals surface area (Å²) in [6.45, 7) is 3.81. The molecule has 1 fully saturated rings. The molecule has 0 radical (unpaired) electrons. The van der Waals surface area contributed by atoms with Gasteiger partial charge in [0.1, 0.15) is 18.1 Å². The van der Waals surface area contributed by atoms with E-state index in [0.29, 0.717) is 66.5 Å². The summed E-state index contributed by atoms with van der Waals surface area (Å²) in [7, 11) is 3.07. The second kappa shape index (κ2) is 11.4. The fraction of sp³-hybridized carbons (Fsp3) is 0.333. The van der Waals surface area contributed by atoms with Crippen LogP contribution in [0.4, 0.5) is 11.6 Å². The number of anilines is 2. The first-order valence-electron chi connectivity index (χ1n) is 12.5. The second-order valence-corrected chi connectivity index (χ2v) is 8.94. The van der Waals surface area contributed by atoms with E-state index in [1.807, 2.05) is 25.1 Å². The number of carbonyl (C=O) groups is 2. The Morgan fingerprint density at radius 3 is 2.62 bits per heavy atom. The molecule has 204 valence electrons. The van der Waals surface area contributed by atoms with Gasteiger partial charge in [-0.3, -0.25) is 9.59 Å². The Bertz CT molecular complexity index is 1400. The molecule has 1 aromatic heterocycles. The molecule has 1 unspecified atom stereocenters. The largest absolute Gasteiger partial charge is 0.495 e. The maximum Gasteiger partial charge on any atom is 0.260 e. The maximum absolute atomic E-state index is 13.7. The van der Waals surface area contributed by atoms with E-state index in [-0.39, 0.29) is 18.4 Å². The first-order chi connectivity index (χ1) is 19.0. The van der Waals surface area contributed by atoms with Crippen LogP contribution in [0, 0.1) is 0 Å². The van der Waals surface area contributed by atoms with Crippen molar-refractivity contribution < 1.29 is 28.5 Å². The second-order valence-electron chi connectivity index (χ2n) is 8.94. The number of ether oxygens (including phenoxy) is 4. The van der Waals surface area contributed by atoms with Crippen LogP contribution in [-0.4, -0.2) is 78.6 Å². The summed E-state index contributed by atoms with van der Waals surface area (Å²) >= 11 is 0. The monoisotopic (exact) mass is 534 g/mol. The normalized spacial score (nSPS) is 16.7. The van der Waals surface area contributed by atoms with Crippen LogP contribution in [0.2, 0.25) is 0 Å². The van der Waals surface area contributed by atoms with Gasteiger partial charge in [0.15, 0.2) is 18.1 Å². The van der Waals surface area contributed by atoms with Gasteiger partial charge in [0, 0.05) is 18.8 Å². The summed E-state index contributed by atoms with van der Waals surface area (Å²) in [6, 6.07) is 11.9. The summed E-state index contributed by atoms with van der Waals surface area (Å²) in [5.74, 6) is 1.43. The predicted octanol–water partition coefficient (Wildman–Crippen LogP) is 2.46. The fourth-order valence-electron chi connectivity index (χ4n) is 4.65. The average Bonchev–Trinajstić information content (AvgIpc) is 3.43. The van der Waals surface area contributed by atoms with E-state index in [9.17, 15) is 9.59 Å². The zero-order chi connectivity index (χ0) is 27.4. The number of morpholine rings is 1. The predicted molar refractivity (Wildman–Crippen MR) is 142 cm³/mol. The topological polar surface area (TPSA) is 129 Å². The van der Waals surface area contributed by atoms with Crippen molar-refractivity contribution in [2.75, 3.05) is 57.8 Å². The first kappa shape index (κ1) is 26.0. The number of aromatic nitrogens is 3. The standard InChI is InChI=1S/C27H30N6O6/c1-17-24(26(35)31-19-6-4-5-7-20(19)36-2)25(33-27(30-17)28-16-29-33)18-8-9-21(22(14-18)37-3)39-15-23(34)32-10-12-38-13-11-32/h4-9,14,16,25H,10-13,15H2,1-3H3,(H,31,35)(H,28,29,30). The highest BCUT2D eigenvalue weighted by Crippen LogP contribution is 2.39. The van der Waals surface area contributed by atoms with Gasteiger partial charge < -0.3 is 34.5 Å². The summed E-state index contributed by atoms with van der Waals surface area (Å²) in [5, 5.41) is 10.5. The van der Waals surface area contributed by atoms with Crippen LogP contribution in [-0.2, 0) is 14.3 Å². The summed E-state index contributed by atoms with van der Waals surface area (Å²) < 4.78 is 23.8. The van der Waals surface area contributed by atoms with Gasteiger partial charge in [0.25, 0.3) is 11.8 Å². The Balaban J connectivity index is 1.43. The third-order valence-electron chi connectivity index (χ3n) is 6.61. The Morgan fingerprint density at radius 2 is 1.85 bits per heavy atom. The lowest BCUT2D eigenvalue weighted by Gasteiger charge is -2.29. The Labute approximate surface area is 225 Å². The van der Waals surface area contributed by atoms with Crippen molar-refractivity contribution in [3.8, 4) is 17.2 Å². The number of methoxy groups -OCH3 is 2. The van der Waals surface area contributed by atoms with E-state index >= 15 is 0 Å². The molecule has 12 heteroatoms. The highest BCUT2D eigenvalue weighted by Gasteiger charge is 2.34. The van der Waals surface area contributed by atoms with E-state index < -0.39 is 6.04 Å². The minimum Gasteiger partial charge on any atom is -0.495 e. The number of rotatable bonds is 8. The van der Waals surface area contributed by atoms with Gasteiger partial charge in [-0.05, 0) is 36.8 Å². The van der Waals surface area contributed by atoms with Crippen LogP contribution in [0.15, 0.2) is 60.1 Å². The van der Waals surface area contributed by atoms with E-state index in [1.165, 1.54) is 13.4 Å². The van der Waals surface area contributed by atoms with Gasteiger partial charge in [-0.25, -0.2) is 4.68 Å². The third-order valence-corrected chi connectivity index (χ3v) is 6.61. The average molecular weight is 535 g/mol. The molecule has 2 aliphatic rings. The number of nitrogens with one attached hydrogen (secondary N) is 2. The lowest BCUT2D eigenvalue weighted by molar-refractivity contribution is -0.137. The van der Waals surface area contributed by atoms with E-state index in [1.54, 1.807) is 41.0 Å². The molecule has 3 heterocycles. The smallest absolute Gasteiger partial charge is 0.260 e. The maximum atomic E-state index is 13.7. The van der Waals surface area contributed by atoms with Crippen LogP contribution >= 0.6 is 0 Å². The number of benzene rings is 2. The molecule has 0 bridgehead atoms. The third kappa shape index (κ3) is 5.36. The van der Waals surface area contributed by atoms with E-state index in [2.05, 4.69) is 20.7 Å². The number of hydrogen-bond acceptors (Lipinski definition) is 9. The van der Waals surface area contributed by atoms with Gasteiger partial charge in [-0.1, -0.05) is 18.2 Å². The van der Waals surface area contributed by atoms with Gasteiger partial charge >= 0.3 is 0 Å². The molecule has 1 saturated heterocycles. The number of para-hydroxylation sites is 2. The number of nitrogens with zero attached hydrogens (tertiary/aromatic N) is 4. The van der Waals surface area contributed by atoms with E-state index in [4.69, 9.17) is 18.9 Å². The van der Waals surface area contributed by atoms with Crippen LogP contribution in [0.1, 0.15) is 18.5 Å². The molecule has 0 aliphatic carbocycles. The van der Waals surface area contributed by atoms with Gasteiger partial charge in [0.2, 0.25) is 5.95 Å². The number of hydrogen-bond donors (Lipinski definition) is 2. The van der Waals surface area contributed by atoms with Gasteiger partial charge in [-0.15, -0.1) is 0 Å². The zero-order valence-electron chi connectivity index (χ0n) is 22.0. The molecule has 2 aliphatic heterocycles. The van der Waals surface area contributed by atoms with Crippen LogP contribution in [0.5, 0.6) is 17.2 Å². The minimum absolute atomic E-state index is 0.121. The molecule has 0 spiro atoms. The van der Waals surface area contributed by atoms with Crippen molar-refractivity contribution in [2.24, 2.45) is 0 Å². The molecular weight excluding hydrogens is 504 g/mol. The molecule has 0 saturated carbocycles. The number of allylic oxidation sites excluding steroid dienone is 1. The molecule has 5 rings (SSSR count). The van der Waals surface area contributed by atoms with Crippen LogP contribution < -0.4 is 24.8 Å². The number of fused-ring (bicyclic) bond motifs is 1. The molecular formula is C27H30N6O6. The Hall–Kier alpha value is -4.58. The van der Waals surface area contributed by atoms with Crippen molar-refractivity contribution in [3.63, 3.8) is 0 Å². The van der Waals surface area contributed by atoms with Crippen molar-refractivity contribution in [3.05, 3.63) is 65.6 Å². The Kier molecular flexibility index (Phi) is 7.64. The van der Waals surface area contributed by atoms with E-state index in [0.717, 1.165) is 5.56 Å². The summed E-state index contributed by atoms with van der Waals surface area (Å²) in [6.07, 6.45) is 1.43. The summed E-state index contributed by atoms with van der Waals surface area (Å²) in [4.78, 5) is 32.2. The number of amides is 2. The zero-order valence-corrected chi connectivity index (χ0v) is 22.0. The molecule has 2 aromatic carbocycles. The minimum atomic E-state index is -0.614. The van der Waals surface area contributed by atoms with Gasteiger partial charge in [0.05, 0.1) is 38.7 Å². The van der Waals surface area contributed by atoms with Gasteiger partial charge in [-0.2, -0.15) is 10.1 Å². The quantitative estimate of drug-likeness (QED) is 0.448. The molecule has 39 heavy (non-hydrogen) atoms. The Morgan fingerprint density at radius 1 is 1.08 bits per heavy atom. The SMILES string of the molecule is COc1ccccc1NC(=O)C1=C(C)Nc2ncnn2C1c1ccc(OCC(=O)N2CCOCC2)c(OC)c1. The molecule has 2 amide bonds. The summed E-state index contributed by atoms with van der Waals surface area (Å²) in [5.41, 5.74) is 2.33. The van der Waals surface area contributed by atoms with Crippen molar-refractivity contribution in [1.82, 2.24) is 19.7 Å². The molecule has 3 aromatic rings. The molecule has 2 N–H and O–H groups in total.